The fourth-order valence-electron chi connectivity index (χ4n) is 2.20. The van der Waals surface area contributed by atoms with Crippen LogP contribution in [0, 0.1) is 6.07 Å². The Morgan fingerprint density at radius 1 is 1.00 bits per heavy atom. The van der Waals surface area contributed by atoms with Crippen LogP contribution in [0.2, 0.25) is 0 Å². The Morgan fingerprint density at radius 2 is 1.72 bits per heavy atom. The lowest BCUT2D eigenvalue weighted by Crippen LogP contribution is -1.98. The molecule has 1 nitrogen and oxygen atoms in total. The van der Waals surface area contributed by atoms with Gasteiger partial charge in [0.25, 0.3) is 0 Å². The normalized spacial score (nSPS) is 10.6. The minimum Gasteiger partial charge on any atom is -0.456 e. The van der Waals surface area contributed by atoms with Gasteiger partial charge in [0.2, 0.25) is 0 Å². The van der Waals surface area contributed by atoms with Crippen molar-refractivity contribution in [1.82, 2.24) is 0 Å². The van der Waals surface area contributed by atoms with Crippen LogP contribution >= 0.6 is 0 Å². The Kier molecular flexibility index (Phi) is 4.40. The van der Waals surface area contributed by atoms with E-state index in [1.807, 2.05) is 36.4 Å². The molecule has 0 saturated carbocycles. The molecule has 18 heavy (non-hydrogen) atoms. The lowest BCUT2D eigenvalue weighted by molar-refractivity contribution is 0.465. The summed E-state index contributed by atoms with van der Waals surface area (Å²) >= 11 is 0. The molecule has 2 rings (SSSR count). The van der Waals surface area contributed by atoms with Gasteiger partial charge in [0.15, 0.2) is 0 Å². The van der Waals surface area contributed by atoms with E-state index in [2.05, 4.69) is 32.0 Å². The topological polar surface area (TPSA) is 9.23 Å². The van der Waals surface area contributed by atoms with Crippen molar-refractivity contribution in [3.63, 3.8) is 0 Å². The zero-order valence-electron chi connectivity index (χ0n) is 11.0. The molecule has 0 heterocycles. The number of para-hydroxylation sites is 2. The second-order valence-corrected chi connectivity index (χ2v) is 4.38. The van der Waals surface area contributed by atoms with E-state index < -0.39 is 0 Å². The second kappa shape index (κ2) is 6.25. The number of ether oxygens (including phenoxy) is 1. The summed E-state index contributed by atoms with van der Waals surface area (Å²) in [6.45, 7) is 4.44. The van der Waals surface area contributed by atoms with E-state index in [4.69, 9.17) is 4.74 Å². The Bertz CT molecular complexity index is 472. The second-order valence-electron chi connectivity index (χ2n) is 4.38. The Hall–Kier alpha value is -1.76. The largest absolute Gasteiger partial charge is 0.456 e. The van der Waals surface area contributed by atoms with Crippen LogP contribution in [0.1, 0.15) is 38.2 Å². The molecular weight excluding hydrogens is 220 g/mol. The van der Waals surface area contributed by atoms with Crippen LogP contribution in [0.4, 0.5) is 0 Å². The molecule has 0 spiro atoms. The molecule has 0 aliphatic carbocycles. The molecule has 0 N–H and O–H groups in total. The molecule has 0 aliphatic heterocycles. The van der Waals surface area contributed by atoms with Gasteiger partial charge < -0.3 is 4.74 Å². The molecule has 0 amide bonds. The van der Waals surface area contributed by atoms with E-state index in [9.17, 15) is 0 Å². The van der Waals surface area contributed by atoms with Crippen molar-refractivity contribution in [2.75, 3.05) is 0 Å². The third-order valence-corrected chi connectivity index (χ3v) is 3.24. The van der Waals surface area contributed by atoms with Crippen molar-refractivity contribution < 1.29 is 4.74 Å². The van der Waals surface area contributed by atoms with Gasteiger partial charge in [-0.05, 0) is 36.5 Å². The zero-order valence-corrected chi connectivity index (χ0v) is 11.0. The van der Waals surface area contributed by atoms with Gasteiger partial charge in [-0.2, -0.15) is 0 Å². The van der Waals surface area contributed by atoms with E-state index in [-0.39, 0.29) is 0 Å². The van der Waals surface area contributed by atoms with Crippen molar-refractivity contribution in [3.8, 4) is 11.5 Å². The van der Waals surface area contributed by atoms with Crippen molar-refractivity contribution in [3.05, 3.63) is 60.2 Å². The maximum absolute atomic E-state index is 5.94. The van der Waals surface area contributed by atoms with Gasteiger partial charge in [0.05, 0.1) is 0 Å². The minimum atomic E-state index is 0.560. The summed E-state index contributed by atoms with van der Waals surface area (Å²) in [5, 5.41) is 0. The average Bonchev–Trinajstić information content (AvgIpc) is 2.43. The van der Waals surface area contributed by atoms with Gasteiger partial charge in [-0.3, -0.25) is 0 Å². The van der Waals surface area contributed by atoms with Crippen LogP contribution in [0.15, 0.2) is 48.5 Å². The molecule has 0 fully saturated rings. The smallest absolute Gasteiger partial charge is 0.135 e. The van der Waals surface area contributed by atoms with Crippen LogP contribution in [0.5, 0.6) is 11.5 Å². The SMILES string of the molecule is CCC(CC)c1ccccc1Oc1[c]cccc1. The fourth-order valence-corrected chi connectivity index (χ4v) is 2.20. The molecular formula is C17H19O. The van der Waals surface area contributed by atoms with Crippen LogP contribution < -0.4 is 4.74 Å². The van der Waals surface area contributed by atoms with Crippen molar-refractivity contribution in [2.45, 2.75) is 32.6 Å². The molecule has 0 atom stereocenters. The number of benzene rings is 2. The summed E-state index contributed by atoms with van der Waals surface area (Å²) in [5.74, 6) is 2.29. The van der Waals surface area contributed by atoms with E-state index >= 15 is 0 Å². The quantitative estimate of drug-likeness (QED) is 0.698. The minimum absolute atomic E-state index is 0.560. The summed E-state index contributed by atoms with van der Waals surface area (Å²) in [6, 6.07) is 19.1. The highest BCUT2D eigenvalue weighted by Gasteiger charge is 2.12. The van der Waals surface area contributed by atoms with Gasteiger partial charge >= 0.3 is 0 Å². The van der Waals surface area contributed by atoms with Crippen LogP contribution in [-0.4, -0.2) is 0 Å². The number of hydrogen-bond acceptors (Lipinski definition) is 1. The summed E-state index contributed by atoms with van der Waals surface area (Å²) in [7, 11) is 0. The standard InChI is InChI=1S/C17H19O/c1-3-14(4-2)16-12-8-9-13-17(16)18-15-10-6-5-7-11-15/h5-10,12-14H,3-4H2,1-2H3. The van der Waals surface area contributed by atoms with Crippen LogP contribution in [0.3, 0.4) is 0 Å². The maximum Gasteiger partial charge on any atom is 0.135 e. The molecule has 1 radical (unpaired) electrons. The summed E-state index contributed by atoms with van der Waals surface area (Å²) < 4.78 is 5.94. The predicted molar refractivity (Wildman–Crippen MR) is 75.1 cm³/mol. The first kappa shape index (κ1) is 12.7. The Labute approximate surface area is 109 Å². The van der Waals surface area contributed by atoms with Crippen molar-refractivity contribution in [2.24, 2.45) is 0 Å². The van der Waals surface area contributed by atoms with E-state index in [0.29, 0.717) is 5.92 Å². The molecule has 1 heteroatoms. The molecule has 93 valence electrons. The molecule has 0 bridgehead atoms. The van der Waals surface area contributed by atoms with Gasteiger partial charge in [-0.1, -0.05) is 50.2 Å². The molecule has 0 saturated heterocycles. The fraction of sp³-hybridized carbons (Fsp3) is 0.294. The van der Waals surface area contributed by atoms with Crippen molar-refractivity contribution in [1.29, 1.82) is 0 Å². The van der Waals surface area contributed by atoms with Crippen molar-refractivity contribution >= 4 is 0 Å². The molecule has 0 aromatic heterocycles. The highest BCUT2D eigenvalue weighted by Crippen LogP contribution is 2.33. The third kappa shape index (κ3) is 2.92. The van der Waals surface area contributed by atoms with Gasteiger partial charge in [0.1, 0.15) is 11.5 Å². The Balaban J connectivity index is 2.28. The van der Waals surface area contributed by atoms with Gasteiger partial charge in [0, 0.05) is 6.07 Å². The number of rotatable bonds is 5. The first-order valence-corrected chi connectivity index (χ1v) is 6.58. The van der Waals surface area contributed by atoms with E-state index in [1.165, 1.54) is 5.56 Å². The lowest BCUT2D eigenvalue weighted by atomic mass is 9.93. The monoisotopic (exact) mass is 239 g/mol. The zero-order chi connectivity index (χ0) is 12.8. The molecule has 2 aromatic carbocycles. The Morgan fingerprint density at radius 3 is 2.39 bits per heavy atom. The van der Waals surface area contributed by atoms with Gasteiger partial charge in [-0.15, -0.1) is 0 Å². The molecule has 0 aliphatic rings. The average molecular weight is 239 g/mol. The van der Waals surface area contributed by atoms with Crippen LogP contribution in [0.25, 0.3) is 0 Å². The highest BCUT2D eigenvalue weighted by atomic mass is 16.5. The van der Waals surface area contributed by atoms with E-state index in [0.717, 1.165) is 24.3 Å². The third-order valence-electron chi connectivity index (χ3n) is 3.24. The number of hydrogen-bond donors (Lipinski definition) is 0. The lowest BCUT2D eigenvalue weighted by Gasteiger charge is -2.17. The predicted octanol–water partition coefficient (Wildman–Crippen LogP) is 5.18. The van der Waals surface area contributed by atoms with Crippen LogP contribution in [-0.2, 0) is 0 Å². The highest BCUT2D eigenvalue weighted by molar-refractivity contribution is 5.39. The summed E-state index contributed by atoms with van der Waals surface area (Å²) in [5.41, 5.74) is 1.29. The molecule has 2 aromatic rings. The summed E-state index contributed by atoms with van der Waals surface area (Å²) in [6.07, 6.45) is 2.27. The first-order valence-electron chi connectivity index (χ1n) is 6.58. The van der Waals surface area contributed by atoms with Gasteiger partial charge in [-0.25, -0.2) is 0 Å². The molecule has 0 unspecified atom stereocenters. The van der Waals surface area contributed by atoms with E-state index in [1.54, 1.807) is 0 Å². The first-order chi connectivity index (χ1) is 8.85. The summed E-state index contributed by atoms with van der Waals surface area (Å²) in [4.78, 5) is 0. The maximum atomic E-state index is 5.94.